The first-order valence-electron chi connectivity index (χ1n) is 6.34. The molecular weight excluding hydrogens is 194 g/mol. The van der Waals surface area contributed by atoms with Gasteiger partial charge in [-0.25, -0.2) is 0 Å². The van der Waals surface area contributed by atoms with E-state index in [4.69, 9.17) is 0 Å². The number of hydrogen-bond acceptors (Lipinski definition) is 1. The smallest absolute Gasteiger partial charge is 0.0302 e. The predicted molar refractivity (Wildman–Crippen MR) is 68.4 cm³/mol. The topological polar surface area (TPSA) is 12.9 Å². The van der Waals surface area contributed by atoms with Crippen LogP contribution in [0.5, 0.6) is 0 Å². The summed E-state index contributed by atoms with van der Waals surface area (Å²) in [7, 11) is 0. The van der Waals surface area contributed by atoms with Crippen molar-refractivity contribution in [3.05, 3.63) is 29.6 Å². The molecule has 1 aliphatic carbocycles. The Bertz CT molecular complexity index is 375. The van der Waals surface area contributed by atoms with Crippen LogP contribution in [0.1, 0.15) is 51.7 Å². The Balaban J connectivity index is 2.36. The third kappa shape index (κ3) is 2.00. The molecule has 1 aromatic heterocycles. The van der Waals surface area contributed by atoms with E-state index in [-0.39, 0.29) is 0 Å². The fourth-order valence-electron chi connectivity index (χ4n) is 2.68. The summed E-state index contributed by atoms with van der Waals surface area (Å²) >= 11 is 0. The second-order valence-corrected chi connectivity index (χ2v) is 6.49. The van der Waals surface area contributed by atoms with Gasteiger partial charge in [0.1, 0.15) is 0 Å². The van der Waals surface area contributed by atoms with Gasteiger partial charge < -0.3 is 0 Å². The van der Waals surface area contributed by atoms with Gasteiger partial charge in [-0.3, -0.25) is 4.98 Å². The predicted octanol–water partition coefficient (Wildman–Crippen LogP) is 4.01. The molecule has 2 rings (SSSR count). The van der Waals surface area contributed by atoms with Gasteiger partial charge in [-0.15, -0.1) is 0 Å². The zero-order chi connectivity index (χ0) is 11.8. The van der Waals surface area contributed by atoms with Crippen molar-refractivity contribution in [3.8, 4) is 0 Å². The standard InChI is InChI=1S/C15H23N/c1-14(2,3)15(4)8-5-6-12-7-9-16-11-13(12)10-15/h7,9,11H,5-6,8,10H2,1-4H3. The maximum absolute atomic E-state index is 4.29. The molecule has 0 amide bonds. The van der Waals surface area contributed by atoms with Crippen LogP contribution < -0.4 is 0 Å². The van der Waals surface area contributed by atoms with E-state index in [1.165, 1.54) is 36.8 Å². The number of aromatic nitrogens is 1. The van der Waals surface area contributed by atoms with Crippen molar-refractivity contribution in [3.63, 3.8) is 0 Å². The van der Waals surface area contributed by atoms with Gasteiger partial charge in [0.25, 0.3) is 0 Å². The molecule has 1 heteroatoms. The summed E-state index contributed by atoms with van der Waals surface area (Å²) in [6.07, 6.45) is 9.04. The summed E-state index contributed by atoms with van der Waals surface area (Å²) in [5, 5.41) is 0. The summed E-state index contributed by atoms with van der Waals surface area (Å²) in [5.41, 5.74) is 3.76. The van der Waals surface area contributed by atoms with Crippen molar-refractivity contribution in [2.45, 2.75) is 53.4 Å². The van der Waals surface area contributed by atoms with Crippen LogP contribution in [-0.2, 0) is 12.8 Å². The van der Waals surface area contributed by atoms with Gasteiger partial charge in [-0.05, 0) is 53.7 Å². The molecule has 0 radical (unpaired) electrons. The van der Waals surface area contributed by atoms with Gasteiger partial charge in [0, 0.05) is 12.4 Å². The molecule has 0 aromatic carbocycles. The van der Waals surface area contributed by atoms with Crippen LogP contribution in [0.3, 0.4) is 0 Å². The maximum atomic E-state index is 4.29. The van der Waals surface area contributed by atoms with E-state index in [9.17, 15) is 0 Å². The third-order valence-corrected chi connectivity index (χ3v) is 4.57. The molecule has 1 heterocycles. The average molecular weight is 217 g/mol. The second-order valence-electron chi connectivity index (χ2n) is 6.49. The largest absolute Gasteiger partial charge is 0.264 e. The third-order valence-electron chi connectivity index (χ3n) is 4.57. The van der Waals surface area contributed by atoms with Gasteiger partial charge in [0.2, 0.25) is 0 Å². The maximum Gasteiger partial charge on any atom is 0.0302 e. The molecule has 0 spiro atoms. The Labute approximate surface area is 99.3 Å². The zero-order valence-corrected chi connectivity index (χ0v) is 11.0. The lowest BCUT2D eigenvalue weighted by atomic mass is 9.63. The minimum Gasteiger partial charge on any atom is -0.264 e. The van der Waals surface area contributed by atoms with Crippen LogP contribution in [0.4, 0.5) is 0 Å². The molecule has 1 aliphatic rings. The molecule has 0 aliphatic heterocycles. The summed E-state index contributed by atoms with van der Waals surface area (Å²) < 4.78 is 0. The number of fused-ring (bicyclic) bond motifs is 1. The van der Waals surface area contributed by atoms with Crippen LogP contribution >= 0.6 is 0 Å². The number of pyridine rings is 1. The molecule has 0 saturated heterocycles. The second kappa shape index (κ2) is 3.87. The van der Waals surface area contributed by atoms with E-state index < -0.39 is 0 Å². The molecule has 0 N–H and O–H groups in total. The number of rotatable bonds is 0. The first-order chi connectivity index (χ1) is 7.42. The molecule has 1 unspecified atom stereocenters. The number of hydrogen-bond donors (Lipinski definition) is 0. The Hall–Kier alpha value is -0.850. The van der Waals surface area contributed by atoms with Crippen molar-refractivity contribution in [2.75, 3.05) is 0 Å². The van der Waals surface area contributed by atoms with Crippen molar-refractivity contribution in [1.29, 1.82) is 0 Å². The molecular formula is C15H23N. The van der Waals surface area contributed by atoms with Gasteiger partial charge >= 0.3 is 0 Å². The minimum absolute atomic E-state index is 0.366. The van der Waals surface area contributed by atoms with Gasteiger partial charge in [0.15, 0.2) is 0 Å². The average Bonchev–Trinajstić information content (AvgIpc) is 2.35. The van der Waals surface area contributed by atoms with Crippen molar-refractivity contribution in [2.24, 2.45) is 10.8 Å². The van der Waals surface area contributed by atoms with Crippen molar-refractivity contribution in [1.82, 2.24) is 4.98 Å². The van der Waals surface area contributed by atoms with E-state index in [0.29, 0.717) is 10.8 Å². The molecule has 1 aromatic rings. The highest BCUT2D eigenvalue weighted by Gasteiger charge is 2.38. The molecule has 1 atom stereocenters. The lowest BCUT2D eigenvalue weighted by molar-refractivity contribution is 0.0968. The van der Waals surface area contributed by atoms with E-state index >= 15 is 0 Å². The fourth-order valence-corrected chi connectivity index (χ4v) is 2.68. The molecule has 0 bridgehead atoms. The van der Waals surface area contributed by atoms with E-state index in [2.05, 4.69) is 44.9 Å². The van der Waals surface area contributed by atoms with Crippen LogP contribution in [0.2, 0.25) is 0 Å². The molecule has 1 nitrogen and oxygen atoms in total. The lowest BCUT2D eigenvalue weighted by Crippen LogP contribution is -2.34. The van der Waals surface area contributed by atoms with Gasteiger partial charge in [0.05, 0.1) is 0 Å². The van der Waals surface area contributed by atoms with Crippen LogP contribution in [0.15, 0.2) is 18.5 Å². The SMILES string of the molecule is CC(C)(C)C1(C)CCCc2ccncc2C1. The molecule has 88 valence electrons. The lowest BCUT2D eigenvalue weighted by Gasteiger charge is -2.42. The number of nitrogens with zero attached hydrogens (tertiary/aromatic N) is 1. The Kier molecular flexibility index (Phi) is 2.81. The highest BCUT2D eigenvalue weighted by atomic mass is 14.6. The Morgan fingerprint density at radius 1 is 1.25 bits per heavy atom. The quantitative estimate of drug-likeness (QED) is 0.598. The van der Waals surface area contributed by atoms with Crippen LogP contribution in [0.25, 0.3) is 0 Å². The fraction of sp³-hybridized carbons (Fsp3) is 0.667. The van der Waals surface area contributed by atoms with Crippen LogP contribution in [-0.4, -0.2) is 4.98 Å². The Morgan fingerprint density at radius 3 is 2.69 bits per heavy atom. The normalized spacial score (nSPS) is 26.0. The summed E-state index contributed by atoms with van der Waals surface area (Å²) in [6.45, 7) is 9.55. The summed E-state index contributed by atoms with van der Waals surface area (Å²) in [5.74, 6) is 0. The monoisotopic (exact) mass is 217 g/mol. The molecule has 0 saturated carbocycles. The highest BCUT2D eigenvalue weighted by molar-refractivity contribution is 5.26. The highest BCUT2D eigenvalue weighted by Crippen LogP contribution is 2.46. The van der Waals surface area contributed by atoms with Crippen molar-refractivity contribution >= 4 is 0 Å². The first-order valence-corrected chi connectivity index (χ1v) is 6.34. The summed E-state index contributed by atoms with van der Waals surface area (Å²) in [6, 6.07) is 2.20. The van der Waals surface area contributed by atoms with Crippen molar-refractivity contribution < 1.29 is 0 Å². The molecule has 0 fully saturated rings. The van der Waals surface area contributed by atoms with Gasteiger partial charge in [-0.2, -0.15) is 0 Å². The van der Waals surface area contributed by atoms with E-state index in [0.717, 1.165) is 0 Å². The Morgan fingerprint density at radius 2 is 2.00 bits per heavy atom. The zero-order valence-electron chi connectivity index (χ0n) is 11.0. The van der Waals surface area contributed by atoms with Gasteiger partial charge in [-0.1, -0.05) is 27.7 Å². The minimum atomic E-state index is 0.366. The van der Waals surface area contributed by atoms with Crippen LogP contribution in [0, 0.1) is 10.8 Å². The summed E-state index contributed by atoms with van der Waals surface area (Å²) in [4.78, 5) is 4.29. The number of aryl methyl sites for hydroxylation is 1. The molecule has 16 heavy (non-hydrogen) atoms. The first kappa shape index (κ1) is 11.6. The van der Waals surface area contributed by atoms with E-state index in [1.807, 2.05) is 6.20 Å². The van der Waals surface area contributed by atoms with E-state index in [1.54, 1.807) is 0 Å².